The normalized spacial score (nSPS) is 19.9. The first kappa shape index (κ1) is 23.7. The van der Waals surface area contributed by atoms with E-state index in [9.17, 15) is 0 Å². The first-order valence-corrected chi connectivity index (χ1v) is 13.6. The summed E-state index contributed by atoms with van der Waals surface area (Å²) in [5.74, 6) is 1.86. The van der Waals surface area contributed by atoms with E-state index >= 15 is 0 Å². The van der Waals surface area contributed by atoms with E-state index in [1.165, 1.54) is 22.4 Å². The van der Waals surface area contributed by atoms with Crippen LogP contribution in [0.1, 0.15) is 46.2 Å². The second-order valence-electron chi connectivity index (χ2n) is 9.88. The summed E-state index contributed by atoms with van der Waals surface area (Å²) in [6.45, 7) is 2.63. The summed E-state index contributed by atoms with van der Waals surface area (Å²) in [5, 5.41) is 3.80. The fourth-order valence-corrected chi connectivity index (χ4v) is 5.86. The Morgan fingerprint density at radius 1 is 0.973 bits per heavy atom. The Hall–Kier alpha value is -3.63. The number of aliphatic imine (C=N–C) groups is 1. The highest BCUT2D eigenvalue weighted by Gasteiger charge is 2.37. The average Bonchev–Trinajstić information content (AvgIpc) is 3.43. The zero-order valence-electron chi connectivity index (χ0n) is 20.8. The van der Waals surface area contributed by atoms with E-state index in [0.29, 0.717) is 24.5 Å². The van der Waals surface area contributed by atoms with E-state index in [-0.39, 0.29) is 0 Å². The molecule has 0 spiro atoms. The van der Waals surface area contributed by atoms with Crippen LogP contribution in [0.25, 0.3) is 0 Å². The summed E-state index contributed by atoms with van der Waals surface area (Å²) in [5.41, 5.74) is 8.33. The molecule has 0 amide bonds. The van der Waals surface area contributed by atoms with Crippen molar-refractivity contribution < 1.29 is 4.74 Å². The van der Waals surface area contributed by atoms with E-state index in [4.69, 9.17) is 9.73 Å². The zero-order valence-corrected chi connectivity index (χ0v) is 22.4. The Labute approximate surface area is 227 Å². The topological polar surface area (TPSA) is 33.6 Å². The molecule has 0 saturated carbocycles. The summed E-state index contributed by atoms with van der Waals surface area (Å²) < 4.78 is 6.92. The second kappa shape index (κ2) is 10.4. The van der Waals surface area contributed by atoms with Crippen LogP contribution in [0.15, 0.2) is 113 Å². The molecular weight excluding hydrogens is 520 g/mol. The third kappa shape index (κ3) is 5.12. The Bertz CT molecular complexity index is 1460. The molecule has 184 valence electrons. The van der Waals surface area contributed by atoms with Crippen LogP contribution < -0.4 is 10.1 Å². The summed E-state index contributed by atoms with van der Waals surface area (Å²) >= 11 is 3.65. The molecule has 2 aliphatic rings. The molecule has 4 aromatic rings. The van der Waals surface area contributed by atoms with Crippen molar-refractivity contribution in [2.75, 3.05) is 5.32 Å². The molecule has 0 fully saturated rings. The summed E-state index contributed by atoms with van der Waals surface area (Å²) in [6.07, 6.45) is 7.72. The van der Waals surface area contributed by atoms with Gasteiger partial charge in [0, 0.05) is 17.8 Å². The molecule has 0 unspecified atom stereocenters. The number of ether oxygens (including phenoxy) is 1. The smallest absolute Gasteiger partial charge is 0.134 e. The lowest BCUT2D eigenvalue weighted by Gasteiger charge is -2.37. The molecule has 4 heteroatoms. The van der Waals surface area contributed by atoms with Gasteiger partial charge in [-0.15, -0.1) is 0 Å². The number of para-hydroxylation sites is 1. The van der Waals surface area contributed by atoms with Crippen LogP contribution in [-0.2, 0) is 6.61 Å². The number of benzene rings is 4. The van der Waals surface area contributed by atoms with Crippen molar-refractivity contribution >= 4 is 33.5 Å². The number of aryl methyl sites for hydroxylation is 1. The zero-order chi connectivity index (χ0) is 25.2. The Morgan fingerprint density at radius 3 is 2.59 bits per heavy atom. The molecule has 1 heterocycles. The molecular formula is C33H29BrN2O. The van der Waals surface area contributed by atoms with Gasteiger partial charge in [-0.3, -0.25) is 4.99 Å². The Morgan fingerprint density at radius 2 is 1.78 bits per heavy atom. The van der Waals surface area contributed by atoms with E-state index in [1.54, 1.807) is 0 Å². The van der Waals surface area contributed by atoms with Crippen LogP contribution >= 0.6 is 15.9 Å². The number of hydrogen-bond acceptors (Lipinski definition) is 3. The maximum Gasteiger partial charge on any atom is 0.134 e. The molecule has 4 aromatic carbocycles. The van der Waals surface area contributed by atoms with Crippen molar-refractivity contribution in [3.8, 4) is 5.75 Å². The minimum Gasteiger partial charge on any atom is -0.488 e. The maximum absolute atomic E-state index is 6.00. The molecule has 6 rings (SSSR count). The highest BCUT2D eigenvalue weighted by atomic mass is 79.9. The largest absolute Gasteiger partial charge is 0.488 e. The average molecular weight is 550 g/mol. The molecule has 0 saturated heterocycles. The number of fused-ring (bicyclic) bond motifs is 3. The lowest BCUT2D eigenvalue weighted by molar-refractivity contribution is 0.304. The van der Waals surface area contributed by atoms with Crippen LogP contribution in [-0.4, -0.2) is 6.21 Å². The number of allylic oxidation sites excluding steroid dienone is 2. The van der Waals surface area contributed by atoms with Gasteiger partial charge < -0.3 is 10.1 Å². The third-order valence-corrected chi connectivity index (χ3v) is 7.98. The van der Waals surface area contributed by atoms with Gasteiger partial charge >= 0.3 is 0 Å². The van der Waals surface area contributed by atoms with E-state index in [0.717, 1.165) is 33.5 Å². The van der Waals surface area contributed by atoms with Gasteiger partial charge in [0.15, 0.2) is 0 Å². The minimum atomic E-state index is 0.302. The van der Waals surface area contributed by atoms with Crippen molar-refractivity contribution in [1.82, 2.24) is 0 Å². The number of nitrogens with one attached hydrogen (secondary N) is 1. The van der Waals surface area contributed by atoms with Gasteiger partial charge in [-0.05, 0) is 93.8 Å². The van der Waals surface area contributed by atoms with Crippen molar-refractivity contribution in [2.45, 2.75) is 31.9 Å². The number of nitrogens with zero attached hydrogens (tertiary/aromatic N) is 1. The molecule has 3 nitrogen and oxygen atoms in total. The Kier molecular flexibility index (Phi) is 6.67. The number of halogens is 1. The van der Waals surface area contributed by atoms with Gasteiger partial charge in [0.25, 0.3) is 0 Å². The van der Waals surface area contributed by atoms with Crippen LogP contribution in [0.5, 0.6) is 5.75 Å². The molecule has 0 aromatic heterocycles. The van der Waals surface area contributed by atoms with Gasteiger partial charge in [-0.25, -0.2) is 0 Å². The van der Waals surface area contributed by atoms with Crippen LogP contribution in [0.4, 0.5) is 11.4 Å². The van der Waals surface area contributed by atoms with Crippen LogP contribution in [0.2, 0.25) is 0 Å². The highest BCUT2D eigenvalue weighted by molar-refractivity contribution is 9.10. The number of hydrogen-bond donors (Lipinski definition) is 1. The quantitative estimate of drug-likeness (QED) is 0.192. The predicted octanol–water partition coefficient (Wildman–Crippen LogP) is 8.91. The molecule has 1 N–H and O–H groups in total. The maximum atomic E-state index is 6.00. The van der Waals surface area contributed by atoms with Crippen LogP contribution in [0, 0.1) is 12.8 Å². The lowest BCUT2D eigenvalue weighted by atomic mass is 9.77. The molecule has 1 aliphatic carbocycles. The van der Waals surface area contributed by atoms with E-state index in [1.807, 2.05) is 24.4 Å². The second-order valence-corrected chi connectivity index (χ2v) is 10.7. The van der Waals surface area contributed by atoms with Gasteiger partial charge in [0.05, 0.1) is 16.2 Å². The summed E-state index contributed by atoms with van der Waals surface area (Å²) in [4.78, 5) is 4.72. The molecule has 0 bridgehead atoms. The third-order valence-electron chi connectivity index (χ3n) is 7.36. The standard InChI is InChI=1S/C33H29BrN2O/c1-22-9-11-23(12-10-22)21-37-32-18-13-24(19-30(32)34)20-35-26-16-14-25(15-17-26)33-29-7-4-6-27(29)28-5-2-3-8-31(28)36-33/h2-6,8-20,27,29,33,36H,7,21H2,1H3/t27-,29+,33-/m0/s1. The fraction of sp³-hybridized carbons (Fsp3) is 0.182. The van der Waals surface area contributed by atoms with Crippen molar-refractivity contribution in [1.29, 1.82) is 0 Å². The Balaban J connectivity index is 1.12. The number of anilines is 1. The van der Waals surface area contributed by atoms with Gasteiger partial charge in [0.2, 0.25) is 0 Å². The highest BCUT2D eigenvalue weighted by Crippen LogP contribution is 2.49. The number of rotatable bonds is 6. The van der Waals surface area contributed by atoms with Gasteiger partial charge in [-0.1, -0.05) is 72.3 Å². The molecule has 1 aliphatic heterocycles. The fourth-order valence-electron chi connectivity index (χ4n) is 5.35. The molecule has 3 atom stereocenters. The predicted molar refractivity (Wildman–Crippen MR) is 156 cm³/mol. The monoisotopic (exact) mass is 548 g/mol. The molecule has 0 radical (unpaired) electrons. The first-order valence-electron chi connectivity index (χ1n) is 12.8. The lowest BCUT2D eigenvalue weighted by Crippen LogP contribution is -2.28. The van der Waals surface area contributed by atoms with Crippen LogP contribution in [0.3, 0.4) is 0 Å². The first-order chi connectivity index (χ1) is 18.1. The molecule has 37 heavy (non-hydrogen) atoms. The minimum absolute atomic E-state index is 0.302. The summed E-state index contributed by atoms with van der Waals surface area (Å²) in [7, 11) is 0. The van der Waals surface area contributed by atoms with Crippen molar-refractivity contribution in [2.24, 2.45) is 10.9 Å². The summed E-state index contributed by atoms with van der Waals surface area (Å²) in [6, 6.07) is 32.1. The van der Waals surface area contributed by atoms with Gasteiger partial charge in [-0.2, -0.15) is 0 Å². The SMILES string of the molecule is Cc1ccc(COc2ccc(C=Nc3ccc([C@@H]4Nc5ccccc5[C@@H]5C=CC[C@H]54)cc3)cc2Br)cc1. The van der Waals surface area contributed by atoms with E-state index in [2.05, 4.69) is 113 Å². The van der Waals surface area contributed by atoms with Crippen molar-refractivity contribution in [3.05, 3.63) is 135 Å². The van der Waals surface area contributed by atoms with E-state index < -0.39 is 0 Å². The van der Waals surface area contributed by atoms with Crippen molar-refractivity contribution in [3.63, 3.8) is 0 Å². The van der Waals surface area contributed by atoms with Gasteiger partial charge in [0.1, 0.15) is 12.4 Å².